The number of rotatable bonds is 7. The fourth-order valence-corrected chi connectivity index (χ4v) is 1.64. The van der Waals surface area contributed by atoms with E-state index in [2.05, 4.69) is 24.1 Å². The van der Waals surface area contributed by atoms with E-state index in [4.69, 9.17) is 5.73 Å². The first-order valence-electron chi connectivity index (χ1n) is 6.16. The molecule has 1 unspecified atom stereocenters. The van der Waals surface area contributed by atoms with Crippen LogP contribution in [0.25, 0.3) is 0 Å². The molecule has 3 nitrogen and oxygen atoms in total. The van der Waals surface area contributed by atoms with Gasteiger partial charge in [-0.2, -0.15) is 0 Å². The normalized spacial score (nSPS) is 12.6. The lowest BCUT2D eigenvalue weighted by atomic mass is 10.1. The van der Waals surface area contributed by atoms with Crippen LogP contribution in [0.3, 0.4) is 0 Å². The number of nitrogens with one attached hydrogen (secondary N) is 1. The van der Waals surface area contributed by atoms with Crippen molar-refractivity contribution >= 4 is 5.69 Å². The van der Waals surface area contributed by atoms with Crippen molar-refractivity contribution in [1.82, 2.24) is 10.3 Å². The summed E-state index contributed by atoms with van der Waals surface area (Å²) < 4.78 is 0. The number of nitrogens with zero attached hydrogens (tertiary/aromatic N) is 1. The molecule has 1 aromatic rings. The maximum Gasteiger partial charge on any atom is 0.0501 e. The zero-order valence-electron chi connectivity index (χ0n) is 10.4. The van der Waals surface area contributed by atoms with E-state index in [-0.39, 0.29) is 0 Å². The van der Waals surface area contributed by atoms with Gasteiger partial charge in [-0.25, -0.2) is 0 Å². The van der Waals surface area contributed by atoms with E-state index in [0.717, 1.165) is 24.3 Å². The molecule has 0 aliphatic heterocycles. The standard InChI is InChI=1S/C13H23N3/c1-3-4-5-11(2)15-9-8-13-7-6-12(14)10-16-13/h6-7,10-11,15H,3-5,8-9,14H2,1-2H3. The van der Waals surface area contributed by atoms with E-state index < -0.39 is 0 Å². The van der Waals surface area contributed by atoms with Crippen molar-refractivity contribution in [3.63, 3.8) is 0 Å². The van der Waals surface area contributed by atoms with Crippen molar-refractivity contribution in [2.45, 2.75) is 45.6 Å². The molecule has 3 N–H and O–H groups in total. The Morgan fingerprint density at radius 2 is 2.25 bits per heavy atom. The monoisotopic (exact) mass is 221 g/mol. The largest absolute Gasteiger partial charge is 0.397 e. The summed E-state index contributed by atoms with van der Waals surface area (Å²) in [5, 5.41) is 3.51. The molecule has 90 valence electrons. The molecule has 0 radical (unpaired) electrons. The highest BCUT2D eigenvalue weighted by molar-refractivity contribution is 5.34. The maximum atomic E-state index is 5.58. The van der Waals surface area contributed by atoms with Crippen molar-refractivity contribution in [2.24, 2.45) is 0 Å². The number of unbranched alkanes of at least 4 members (excludes halogenated alkanes) is 1. The van der Waals surface area contributed by atoms with Crippen LogP contribution in [-0.2, 0) is 6.42 Å². The Kier molecular flexibility index (Phi) is 5.86. The van der Waals surface area contributed by atoms with E-state index in [0.29, 0.717) is 6.04 Å². The first-order valence-corrected chi connectivity index (χ1v) is 6.16. The zero-order chi connectivity index (χ0) is 11.8. The Morgan fingerprint density at radius 1 is 1.44 bits per heavy atom. The zero-order valence-corrected chi connectivity index (χ0v) is 10.4. The summed E-state index contributed by atoms with van der Waals surface area (Å²) in [7, 11) is 0. The third-order valence-corrected chi connectivity index (χ3v) is 2.71. The van der Waals surface area contributed by atoms with Crippen LogP contribution in [-0.4, -0.2) is 17.6 Å². The lowest BCUT2D eigenvalue weighted by Crippen LogP contribution is -2.28. The predicted octanol–water partition coefficient (Wildman–Crippen LogP) is 2.37. The van der Waals surface area contributed by atoms with Crippen molar-refractivity contribution < 1.29 is 0 Å². The summed E-state index contributed by atoms with van der Waals surface area (Å²) in [6.45, 7) is 5.46. The fourth-order valence-electron chi connectivity index (χ4n) is 1.64. The van der Waals surface area contributed by atoms with Crippen molar-refractivity contribution in [3.05, 3.63) is 24.0 Å². The van der Waals surface area contributed by atoms with Gasteiger partial charge in [0.05, 0.1) is 11.9 Å². The molecule has 1 atom stereocenters. The van der Waals surface area contributed by atoms with Gasteiger partial charge >= 0.3 is 0 Å². The maximum absolute atomic E-state index is 5.58. The van der Waals surface area contributed by atoms with Crippen LogP contribution in [0.15, 0.2) is 18.3 Å². The van der Waals surface area contributed by atoms with Crippen LogP contribution < -0.4 is 11.1 Å². The minimum Gasteiger partial charge on any atom is -0.397 e. The van der Waals surface area contributed by atoms with Gasteiger partial charge < -0.3 is 11.1 Å². The molecule has 0 spiro atoms. The Labute approximate surface area is 98.5 Å². The van der Waals surface area contributed by atoms with Gasteiger partial charge in [-0.1, -0.05) is 19.8 Å². The second kappa shape index (κ2) is 7.23. The molecule has 0 bridgehead atoms. The average molecular weight is 221 g/mol. The van der Waals surface area contributed by atoms with E-state index in [1.54, 1.807) is 6.20 Å². The molecule has 3 heteroatoms. The molecule has 16 heavy (non-hydrogen) atoms. The predicted molar refractivity (Wildman–Crippen MR) is 69.3 cm³/mol. The fraction of sp³-hybridized carbons (Fsp3) is 0.615. The van der Waals surface area contributed by atoms with Crippen molar-refractivity contribution in [2.75, 3.05) is 12.3 Å². The summed E-state index contributed by atoms with van der Waals surface area (Å²) in [6.07, 6.45) is 6.51. The Hall–Kier alpha value is -1.09. The van der Waals surface area contributed by atoms with Gasteiger partial charge in [-0.3, -0.25) is 4.98 Å². The van der Waals surface area contributed by atoms with Gasteiger partial charge in [-0.05, 0) is 25.5 Å². The summed E-state index contributed by atoms with van der Waals surface area (Å²) in [6, 6.07) is 4.50. The molecule has 1 heterocycles. The molecular weight excluding hydrogens is 198 g/mol. The Balaban J connectivity index is 2.17. The minimum absolute atomic E-state index is 0.605. The van der Waals surface area contributed by atoms with E-state index in [1.807, 2.05) is 12.1 Å². The van der Waals surface area contributed by atoms with Gasteiger partial charge in [0.1, 0.15) is 0 Å². The molecular formula is C13H23N3. The number of nitrogen functional groups attached to an aromatic ring is 1. The summed E-state index contributed by atoms with van der Waals surface area (Å²) >= 11 is 0. The number of aromatic nitrogens is 1. The van der Waals surface area contributed by atoms with Gasteiger partial charge in [0.25, 0.3) is 0 Å². The number of anilines is 1. The highest BCUT2D eigenvalue weighted by atomic mass is 14.9. The van der Waals surface area contributed by atoms with Gasteiger partial charge in [0.15, 0.2) is 0 Å². The molecule has 0 fully saturated rings. The van der Waals surface area contributed by atoms with Gasteiger partial charge in [0.2, 0.25) is 0 Å². The second-order valence-electron chi connectivity index (χ2n) is 4.33. The average Bonchev–Trinajstić information content (AvgIpc) is 2.29. The van der Waals surface area contributed by atoms with Crippen LogP contribution in [0.2, 0.25) is 0 Å². The van der Waals surface area contributed by atoms with Gasteiger partial charge in [0, 0.05) is 24.7 Å². The molecule has 0 aliphatic rings. The molecule has 0 aromatic carbocycles. The number of hydrogen-bond acceptors (Lipinski definition) is 3. The summed E-state index contributed by atoms with van der Waals surface area (Å²) in [5.74, 6) is 0. The third-order valence-electron chi connectivity index (χ3n) is 2.71. The highest BCUT2D eigenvalue weighted by Gasteiger charge is 2.00. The van der Waals surface area contributed by atoms with E-state index >= 15 is 0 Å². The molecule has 0 saturated carbocycles. The number of pyridine rings is 1. The smallest absolute Gasteiger partial charge is 0.0501 e. The van der Waals surface area contributed by atoms with Crippen LogP contribution in [0, 0.1) is 0 Å². The lowest BCUT2D eigenvalue weighted by molar-refractivity contribution is 0.497. The lowest BCUT2D eigenvalue weighted by Gasteiger charge is -2.12. The van der Waals surface area contributed by atoms with Gasteiger partial charge in [-0.15, -0.1) is 0 Å². The quantitative estimate of drug-likeness (QED) is 0.743. The third kappa shape index (κ3) is 5.12. The molecule has 1 aromatic heterocycles. The minimum atomic E-state index is 0.605. The van der Waals surface area contributed by atoms with Crippen LogP contribution >= 0.6 is 0 Å². The topological polar surface area (TPSA) is 50.9 Å². The van der Waals surface area contributed by atoms with Crippen LogP contribution in [0.5, 0.6) is 0 Å². The summed E-state index contributed by atoms with van der Waals surface area (Å²) in [4.78, 5) is 4.27. The molecule has 0 amide bonds. The second-order valence-corrected chi connectivity index (χ2v) is 4.33. The Bertz CT molecular complexity index is 282. The van der Waals surface area contributed by atoms with Crippen LogP contribution in [0.4, 0.5) is 5.69 Å². The molecule has 0 saturated heterocycles. The number of hydrogen-bond donors (Lipinski definition) is 2. The molecule has 1 rings (SSSR count). The first kappa shape index (κ1) is 13.0. The van der Waals surface area contributed by atoms with E-state index in [1.165, 1.54) is 19.3 Å². The highest BCUT2D eigenvalue weighted by Crippen LogP contribution is 2.02. The van der Waals surface area contributed by atoms with Crippen molar-refractivity contribution in [3.8, 4) is 0 Å². The summed E-state index contributed by atoms with van der Waals surface area (Å²) in [5.41, 5.74) is 7.41. The van der Waals surface area contributed by atoms with Crippen LogP contribution in [0.1, 0.15) is 38.8 Å². The van der Waals surface area contributed by atoms with E-state index in [9.17, 15) is 0 Å². The first-order chi connectivity index (χ1) is 7.72. The van der Waals surface area contributed by atoms with Crippen molar-refractivity contribution in [1.29, 1.82) is 0 Å². The number of nitrogens with two attached hydrogens (primary N) is 1. The molecule has 0 aliphatic carbocycles. The Morgan fingerprint density at radius 3 is 2.88 bits per heavy atom. The SMILES string of the molecule is CCCCC(C)NCCc1ccc(N)cn1.